The quantitative estimate of drug-likeness (QED) is 0.0674. The lowest BCUT2D eigenvalue weighted by Gasteiger charge is -2.20. The summed E-state index contributed by atoms with van der Waals surface area (Å²) in [6.07, 6.45) is 33.3. The summed E-state index contributed by atoms with van der Waals surface area (Å²) >= 11 is 0. The van der Waals surface area contributed by atoms with Gasteiger partial charge in [0.2, 0.25) is 5.91 Å². The molecule has 0 fully saturated rings. The molecule has 0 radical (unpaired) electrons. The number of carbonyl (C=O) groups excluding carboxylic acids is 1. The molecule has 0 aliphatic carbocycles. The number of carbonyl (C=O) groups is 1. The molecule has 0 aromatic rings. The van der Waals surface area contributed by atoms with Gasteiger partial charge in [-0.3, -0.25) is 4.79 Å². The summed E-state index contributed by atoms with van der Waals surface area (Å²) in [5.41, 5.74) is 0. The number of unbranched alkanes of at least 4 members (excludes halogenated alkanes) is 22. The molecule has 0 unspecified atom stereocenters. The first-order chi connectivity index (χ1) is 18.7. The second kappa shape index (κ2) is 29.7. The summed E-state index contributed by atoms with van der Waals surface area (Å²) in [6.45, 7) is 2.58. The zero-order valence-corrected chi connectivity index (χ0v) is 24.7. The third-order valence-electron chi connectivity index (χ3n) is 7.42. The lowest BCUT2D eigenvalue weighted by molar-refractivity contribution is -0.123. The normalized spacial score (nSPS) is 13.6. The Morgan fingerprint density at radius 3 is 1.59 bits per heavy atom. The lowest BCUT2D eigenvalue weighted by atomic mass is 10.0. The van der Waals surface area contributed by atoms with Gasteiger partial charge >= 0.3 is 0 Å². The first kappa shape index (κ1) is 34.2. The molecule has 0 bridgehead atoms. The molecule has 0 aromatic carbocycles. The van der Waals surface area contributed by atoms with Gasteiger partial charge in [-0.05, 0) is 19.3 Å². The third-order valence-corrected chi connectivity index (χ3v) is 7.42. The van der Waals surface area contributed by atoms with E-state index in [-0.39, 0.29) is 12.5 Å². The number of hydrogen-bond donors (Lipinski definition) is 3. The first-order valence-electron chi connectivity index (χ1n) is 16.9. The van der Waals surface area contributed by atoms with Crippen LogP contribution < -0.4 is 5.32 Å². The van der Waals surface area contributed by atoms with Crippen molar-refractivity contribution in [3.05, 3.63) is 12.2 Å². The predicted molar refractivity (Wildman–Crippen MR) is 161 cm³/mol. The van der Waals surface area contributed by atoms with Crippen molar-refractivity contribution < 1.29 is 16.4 Å². The van der Waals surface area contributed by atoms with Gasteiger partial charge < -0.3 is 15.5 Å². The number of aliphatic hydroxyl groups is 2. The highest BCUT2D eigenvalue weighted by atomic mass is 16.3. The first-order valence-corrected chi connectivity index (χ1v) is 16.2. The van der Waals surface area contributed by atoms with E-state index in [9.17, 15) is 15.0 Å². The van der Waals surface area contributed by atoms with Crippen LogP contribution in [0.25, 0.3) is 0 Å². The van der Waals surface area contributed by atoms with Crippen LogP contribution in [0.5, 0.6) is 0 Å². The van der Waals surface area contributed by atoms with Crippen molar-refractivity contribution >= 4 is 5.91 Å². The molecule has 220 valence electrons. The molecule has 0 aliphatic heterocycles. The van der Waals surface area contributed by atoms with Gasteiger partial charge in [-0.25, -0.2) is 0 Å². The summed E-state index contributed by atoms with van der Waals surface area (Å²) < 4.78 is 7.15. The van der Waals surface area contributed by atoms with E-state index in [0.717, 1.165) is 32.1 Å². The molecule has 37 heavy (non-hydrogen) atoms. The highest BCUT2D eigenvalue weighted by Gasteiger charge is 2.17. The molecular weight excluding hydrogens is 458 g/mol. The minimum Gasteiger partial charge on any atom is -0.394 e. The van der Waals surface area contributed by atoms with Crippen molar-refractivity contribution in [1.29, 1.82) is 0 Å². The number of hydrogen-bond acceptors (Lipinski definition) is 3. The van der Waals surface area contributed by atoms with Gasteiger partial charge in [0.1, 0.15) is 0 Å². The minimum atomic E-state index is -0.839. The Labute approximate surface area is 232 Å². The van der Waals surface area contributed by atoms with E-state index in [1.165, 1.54) is 122 Å². The predicted octanol–water partition coefficient (Wildman–Crippen LogP) is 9.17. The van der Waals surface area contributed by atoms with Crippen molar-refractivity contribution in [3.63, 3.8) is 0 Å². The van der Waals surface area contributed by atoms with E-state index in [4.69, 9.17) is 1.37 Å². The molecule has 4 nitrogen and oxygen atoms in total. The molecule has 0 aromatic heterocycles. The molecule has 4 heteroatoms. The molecule has 0 saturated heterocycles. The van der Waals surface area contributed by atoms with Gasteiger partial charge in [0.25, 0.3) is 0 Å². The van der Waals surface area contributed by atoms with Crippen LogP contribution in [0.2, 0.25) is 0 Å². The second-order valence-electron chi connectivity index (χ2n) is 11.1. The summed E-state index contributed by atoms with van der Waals surface area (Å²) in [4.78, 5) is 12.2. The van der Waals surface area contributed by atoms with Crippen LogP contribution >= 0.6 is 0 Å². The average molecular weight is 525 g/mol. The number of aliphatic hydroxyl groups excluding tert-OH is 2. The monoisotopic (exact) mass is 525 g/mol. The Kier molecular flexibility index (Phi) is 27.4. The molecule has 0 rings (SSSR count). The smallest absolute Gasteiger partial charge is 0.220 e. The van der Waals surface area contributed by atoms with Crippen molar-refractivity contribution in [1.82, 2.24) is 5.32 Å². The Hall–Kier alpha value is -0.870. The van der Waals surface area contributed by atoms with Crippen molar-refractivity contribution in [2.75, 3.05) is 6.61 Å². The van der Waals surface area contributed by atoms with Crippen molar-refractivity contribution in [2.24, 2.45) is 0 Å². The Morgan fingerprint density at radius 1 is 0.703 bits per heavy atom. The van der Waals surface area contributed by atoms with E-state index in [1.807, 2.05) is 6.08 Å². The van der Waals surface area contributed by atoms with Crippen LogP contribution in [0.4, 0.5) is 0 Å². The molecule has 1 amide bonds. The number of allylic oxidation sites excluding steroid dienone is 1. The van der Waals surface area contributed by atoms with E-state index >= 15 is 0 Å². The Morgan fingerprint density at radius 2 is 1.14 bits per heavy atom. The second-order valence-corrected chi connectivity index (χ2v) is 11.1. The maximum absolute atomic E-state index is 12.2. The highest BCUT2D eigenvalue weighted by Crippen LogP contribution is 2.14. The molecular formula is C33H65NO3. The number of amides is 1. The molecule has 0 saturated carbocycles. The zero-order chi connectivity index (χ0) is 27.9. The van der Waals surface area contributed by atoms with Crippen LogP contribution in [0.3, 0.4) is 0 Å². The molecule has 3 N–H and O–H groups in total. The number of rotatable bonds is 29. The van der Waals surface area contributed by atoms with Gasteiger partial charge in [-0.2, -0.15) is 0 Å². The maximum atomic E-state index is 12.2. The van der Waals surface area contributed by atoms with Gasteiger partial charge in [0, 0.05) is 7.79 Å². The zero-order valence-electron chi connectivity index (χ0n) is 25.7. The summed E-state index contributed by atoms with van der Waals surface area (Å²) in [6, 6.07) is -0.622. The van der Waals surface area contributed by atoms with Crippen molar-refractivity contribution in [2.45, 2.75) is 186 Å². The van der Waals surface area contributed by atoms with Crippen LogP contribution in [-0.2, 0) is 4.79 Å². The van der Waals surface area contributed by atoms with Crippen LogP contribution in [-0.4, -0.2) is 34.9 Å². The van der Waals surface area contributed by atoms with Gasteiger partial charge in [0.05, 0.1) is 18.8 Å². The van der Waals surface area contributed by atoms with E-state index in [0.29, 0.717) is 13.3 Å². The molecule has 0 heterocycles. The van der Waals surface area contributed by atoms with Gasteiger partial charge in [-0.1, -0.05) is 161 Å². The largest absolute Gasteiger partial charge is 0.394 e. The maximum Gasteiger partial charge on any atom is 0.220 e. The van der Waals surface area contributed by atoms with Crippen LogP contribution in [0, 0.1) is 0 Å². The van der Waals surface area contributed by atoms with Gasteiger partial charge in [0.15, 0.2) is 0 Å². The van der Waals surface area contributed by atoms with E-state index in [2.05, 4.69) is 12.2 Å². The lowest BCUT2D eigenvalue weighted by Crippen LogP contribution is -2.45. The van der Waals surface area contributed by atoms with Gasteiger partial charge in [-0.15, -0.1) is 0 Å². The van der Waals surface area contributed by atoms with Crippen molar-refractivity contribution in [3.8, 4) is 0 Å². The molecule has 2 atom stereocenters. The average Bonchev–Trinajstić information content (AvgIpc) is 2.92. The molecule has 0 spiro atoms. The van der Waals surface area contributed by atoms with E-state index < -0.39 is 12.1 Å². The SMILES string of the molecule is [2H]CCCCCCCCCCCCCCC(=O)N[C@@H](CO)[C@H](O)/C=C/CCCCCCCCCCCCC. The minimum absolute atomic E-state index is 0.0766. The number of nitrogens with one attached hydrogen (secondary N) is 1. The van der Waals surface area contributed by atoms with Crippen LogP contribution in [0.15, 0.2) is 12.2 Å². The fourth-order valence-corrected chi connectivity index (χ4v) is 4.87. The third kappa shape index (κ3) is 26.5. The molecule has 0 aliphatic rings. The Bertz CT molecular complexity index is 514. The van der Waals surface area contributed by atoms with Crippen LogP contribution in [0.1, 0.15) is 176 Å². The summed E-state index contributed by atoms with van der Waals surface area (Å²) in [5, 5.41) is 22.8. The Balaban J connectivity index is 3.63. The summed E-state index contributed by atoms with van der Waals surface area (Å²) in [7, 11) is 0. The standard InChI is InChI=1S/C33H65NO3/c1-3-5-7-9-11-13-15-17-18-20-22-24-26-28-32(36)31(30-35)34-33(37)29-27-25-23-21-19-16-14-12-10-8-6-4-2/h26,28,31-32,35-36H,3-25,27,29-30H2,1-2H3,(H,34,37)/b28-26+/t31-,32+/m0/s1/i2D. The topological polar surface area (TPSA) is 69.6 Å². The highest BCUT2D eigenvalue weighted by molar-refractivity contribution is 5.76. The fraction of sp³-hybridized carbons (Fsp3) is 0.909. The fourth-order valence-electron chi connectivity index (χ4n) is 4.87. The van der Waals surface area contributed by atoms with E-state index in [1.54, 1.807) is 6.08 Å². The summed E-state index contributed by atoms with van der Waals surface area (Å²) in [5.74, 6) is -0.0766.